The molecule has 0 atom stereocenters. The zero-order valence-corrected chi connectivity index (χ0v) is 13.8. The standard InChI is InChI=1S/C18H21N3O3/c1-13-16(14-4-6-15(24-2)7-5-14)21(18(23)17(13)22)10-3-9-20-11-8-19-12-20/h4-8,11-12,22-23H,3,9-10H2,1-2H3. The first-order valence-electron chi connectivity index (χ1n) is 7.83. The summed E-state index contributed by atoms with van der Waals surface area (Å²) in [5.74, 6) is 0.607. The molecule has 0 saturated heterocycles. The summed E-state index contributed by atoms with van der Waals surface area (Å²) in [4.78, 5) is 4.02. The maximum Gasteiger partial charge on any atom is 0.235 e. The monoisotopic (exact) mass is 327 g/mol. The van der Waals surface area contributed by atoms with E-state index in [0.717, 1.165) is 30.0 Å². The quantitative estimate of drug-likeness (QED) is 0.729. The number of aromatic nitrogens is 3. The lowest BCUT2D eigenvalue weighted by atomic mass is 10.1. The van der Waals surface area contributed by atoms with Gasteiger partial charge in [0.1, 0.15) is 5.75 Å². The molecule has 0 spiro atoms. The van der Waals surface area contributed by atoms with Crippen molar-refractivity contribution in [2.75, 3.05) is 7.11 Å². The Labute approximate surface area is 140 Å². The van der Waals surface area contributed by atoms with Gasteiger partial charge in [-0.15, -0.1) is 0 Å². The Hall–Kier alpha value is -2.89. The summed E-state index contributed by atoms with van der Waals surface area (Å²) in [6.07, 6.45) is 6.22. The van der Waals surface area contributed by atoms with E-state index in [0.29, 0.717) is 12.1 Å². The highest BCUT2D eigenvalue weighted by molar-refractivity contribution is 5.70. The van der Waals surface area contributed by atoms with Crippen LogP contribution in [0.15, 0.2) is 43.0 Å². The lowest BCUT2D eigenvalue weighted by molar-refractivity contribution is 0.367. The van der Waals surface area contributed by atoms with Crippen LogP contribution in [0.1, 0.15) is 12.0 Å². The van der Waals surface area contributed by atoms with Crippen molar-refractivity contribution in [1.82, 2.24) is 14.1 Å². The third-order valence-corrected chi connectivity index (χ3v) is 4.17. The smallest absolute Gasteiger partial charge is 0.235 e. The summed E-state index contributed by atoms with van der Waals surface area (Å²) >= 11 is 0. The second-order valence-electron chi connectivity index (χ2n) is 5.68. The number of aryl methyl sites for hydroxylation is 1. The van der Waals surface area contributed by atoms with Crippen molar-refractivity contribution < 1.29 is 14.9 Å². The van der Waals surface area contributed by atoms with Crippen LogP contribution in [0.25, 0.3) is 11.3 Å². The van der Waals surface area contributed by atoms with Crippen LogP contribution in [0.3, 0.4) is 0 Å². The molecule has 0 aliphatic rings. The lowest BCUT2D eigenvalue weighted by Crippen LogP contribution is -2.04. The van der Waals surface area contributed by atoms with Crippen molar-refractivity contribution in [3.05, 3.63) is 48.5 Å². The van der Waals surface area contributed by atoms with Gasteiger partial charge in [0.25, 0.3) is 0 Å². The second kappa shape index (κ2) is 6.70. The van der Waals surface area contributed by atoms with Crippen molar-refractivity contribution >= 4 is 0 Å². The molecule has 0 fully saturated rings. The molecule has 0 radical (unpaired) electrons. The molecule has 0 saturated carbocycles. The number of nitrogens with zero attached hydrogens (tertiary/aromatic N) is 3. The number of hydrogen-bond acceptors (Lipinski definition) is 4. The molecule has 3 aromatic rings. The zero-order valence-electron chi connectivity index (χ0n) is 13.8. The zero-order chi connectivity index (χ0) is 17.1. The van der Waals surface area contributed by atoms with Crippen molar-refractivity contribution in [3.8, 4) is 28.6 Å². The number of ether oxygens (including phenoxy) is 1. The first kappa shape index (κ1) is 16.0. The number of benzene rings is 1. The van der Waals surface area contributed by atoms with E-state index in [4.69, 9.17) is 4.74 Å². The molecule has 3 rings (SSSR count). The molecule has 0 amide bonds. The Bertz CT molecular complexity index is 805. The van der Waals surface area contributed by atoms with Gasteiger partial charge in [-0.3, -0.25) is 0 Å². The Balaban J connectivity index is 1.88. The van der Waals surface area contributed by atoms with Crippen LogP contribution in [0, 0.1) is 6.92 Å². The average Bonchev–Trinajstić information content (AvgIpc) is 3.19. The maximum absolute atomic E-state index is 10.3. The van der Waals surface area contributed by atoms with Crippen LogP contribution in [-0.2, 0) is 13.1 Å². The highest BCUT2D eigenvalue weighted by atomic mass is 16.5. The molecule has 2 aromatic heterocycles. The van der Waals surface area contributed by atoms with Crippen LogP contribution in [-0.4, -0.2) is 31.4 Å². The molecule has 24 heavy (non-hydrogen) atoms. The fourth-order valence-corrected chi connectivity index (χ4v) is 2.89. The highest BCUT2D eigenvalue weighted by Crippen LogP contribution is 2.40. The first-order valence-corrected chi connectivity index (χ1v) is 7.83. The largest absolute Gasteiger partial charge is 0.503 e. The Morgan fingerprint density at radius 1 is 1.12 bits per heavy atom. The van der Waals surface area contributed by atoms with Crippen molar-refractivity contribution in [3.63, 3.8) is 0 Å². The van der Waals surface area contributed by atoms with Gasteiger partial charge in [-0.05, 0) is 43.2 Å². The van der Waals surface area contributed by atoms with Gasteiger partial charge < -0.3 is 24.1 Å². The van der Waals surface area contributed by atoms with Gasteiger partial charge in [-0.1, -0.05) is 0 Å². The maximum atomic E-state index is 10.3. The van der Waals surface area contributed by atoms with E-state index in [9.17, 15) is 10.2 Å². The van der Waals surface area contributed by atoms with Crippen molar-refractivity contribution in [2.45, 2.75) is 26.4 Å². The van der Waals surface area contributed by atoms with Crippen LogP contribution in [0.5, 0.6) is 17.4 Å². The summed E-state index contributed by atoms with van der Waals surface area (Å²) in [6.45, 7) is 3.19. The first-order chi connectivity index (χ1) is 11.6. The molecule has 0 aliphatic heterocycles. The number of hydrogen-bond donors (Lipinski definition) is 2. The minimum absolute atomic E-state index is 0.0663. The minimum atomic E-state index is -0.0936. The summed E-state index contributed by atoms with van der Waals surface area (Å²) < 4.78 is 8.93. The predicted molar refractivity (Wildman–Crippen MR) is 91.3 cm³/mol. The molecular weight excluding hydrogens is 306 g/mol. The normalized spacial score (nSPS) is 10.9. The van der Waals surface area contributed by atoms with Crippen LogP contribution in [0.2, 0.25) is 0 Å². The molecular formula is C18H21N3O3. The van der Waals surface area contributed by atoms with Crippen molar-refractivity contribution in [1.29, 1.82) is 0 Å². The SMILES string of the molecule is COc1ccc(-c2c(C)c(O)c(O)n2CCCn2ccnc2)cc1. The Morgan fingerprint density at radius 2 is 1.88 bits per heavy atom. The van der Waals surface area contributed by atoms with E-state index >= 15 is 0 Å². The topological polar surface area (TPSA) is 72.4 Å². The molecule has 0 bridgehead atoms. The van der Waals surface area contributed by atoms with Crippen LogP contribution < -0.4 is 4.74 Å². The van der Waals surface area contributed by atoms with Crippen LogP contribution >= 0.6 is 0 Å². The average molecular weight is 327 g/mol. The third-order valence-electron chi connectivity index (χ3n) is 4.17. The fourth-order valence-electron chi connectivity index (χ4n) is 2.89. The Kier molecular flexibility index (Phi) is 4.46. The van der Waals surface area contributed by atoms with E-state index in [1.165, 1.54) is 0 Å². The van der Waals surface area contributed by atoms with Gasteiger partial charge >= 0.3 is 0 Å². The number of aromatic hydroxyl groups is 2. The van der Waals surface area contributed by atoms with Gasteiger partial charge in [0.15, 0.2) is 5.75 Å². The van der Waals surface area contributed by atoms with E-state index in [1.54, 1.807) is 31.1 Å². The highest BCUT2D eigenvalue weighted by Gasteiger charge is 2.20. The molecule has 0 unspecified atom stereocenters. The van der Waals surface area contributed by atoms with Gasteiger partial charge in [0.05, 0.1) is 19.1 Å². The van der Waals surface area contributed by atoms with E-state index in [2.05, 4.69) is 4.98 Å². The molecule has 2 heterocycles. The number of imidazole rings is 1. The molecule has 6 heteroatoms. The second-order valence-corrected chi connectivity index (χ2v) is 5.68. The molecule has 6 nitrogen and oxygen atoms in total. The lowest BCUT2D eigenvalue weighted by Gasteiger charge is -2.12. The number of rotatable bonds is 6. The fraction of sp³-hybridized carbons (Fsp3) is 0.278. The summed E-state index contributed by atoms with van der Waals surface area (Å²) in [5.41, 5.74) is 2.41. The van der Waals surface area contributed by atoms with E-state index in [-0.39, 0.29) is 11.6 Å². The molecule has 2 N–H and O–H groups in total. The van der Waals surface area contributed by atoms with Crippen LogP contribution in [0.4, 0.5) is 0 Å². The third kappa shape index (κ3) is 2.95. The summed E-state index contributed by atoms with van der Waals surface area (Å²) in [5, 5.41) is 20.4. The van der Waals surface area contributed by atoms with Gasteiger partial charge in [-0.25, -0.2) is 4.98 Å². The van der Waals surface area contributed by atoms with Gasteiger partial charge in [0.2, 0.25) is 5.88 Å². The van der Waals surface area contributed by atoms with Gasteiger partial charge in [-0.2, -0.15) is 0 Å². The summed E-state index contributed by atoms with van der Waals surface area (Å²) in [6, 6.07) is 7.58. The predicted octanol–water partition coefficient (Wildman–Crippen LogP) is 3.17. The van der Waals surface area contributed by atoms with E-state index < -0.39 is 0 Å². The number of methoxy groups -OCH3 is 1. The minimum Gasteiger partial charge on any atom is -0.503 e. The molecule has 126 valence electrons. The van der Waals surface area contributed by atoms with Gasteiger partial charge in [0, 0.05) is 31.0 Å². The molecule has 0 aliphatic carbocycles. The van der Waals surface area contributed by atoms with Crippen molar-refractivity contribution in [2.24, 2.45) is 0 Å². The van der Waals surface area contributed by atoms with E-state index in [1.807, 2.05) is 35.0 Å². The molecule has 1 aromatic carbocycles. The summed E-state index contributed by atoms with van der Waals surface area (Å²) in [7, 11) is 1.62. The Morgan fingerprint density at radius 3 is 2.50 bits per heavy atom.